The normalized spacial score (nSPS) is 9.80. The van der Waals surface area contributed by atoms with E-state index in [1.54, 1.807) is 0 Å². The Kier molecular flexibility index (Phi) is 3.35. The van der Waals surface area contributed by atoms with Gasteiger partial charge < -0.3 is 4.74 Å². The molecular formula is C8H5BrFNO4. The first kappa shape index (κ1) is 11.6. The lowest BCUT2D eigenvalue weighted by molar-refractivity contribution is -0.388. The van der Waals surface area contributed by atoms with Gasteiger partial charge in [0.15, 0.2) is 0 Å². The van der Waals surface area contributed by atoms with Gasteiger partial charge in [0.05, 0.1) is 22.1 Å². The predicted octanol–water partition coefficient (Wildman–Crippen LogP) is 2.28. The van der Waals surface area contributed by atoms with E-state index in [0.717, 1.165) is 19.2 Å². The molecule has 0 aliphatic rings. The van der Waals surface area contributed by atoms with Crippen LogP contribution in [0, 0.1) is 15.9 Å². The molecule has 0 aliphatic heterocycles. The second-order valence-corrected chi connectivity index (χ2v) is 3.39. The number of carbonyl (C=O) groups is 1. The number of esters is 1. The Balaban J connectivity index is 3.31. The number of ether oxygens (including phenoxy) is 1. The van der Waals surface area contributed by atoms with Crippen LogP contribution in [0.25, 0.3) is 0 Å². The van der Waals surface area contributed by atoms with E-state index in [4.69, 9.17) is 0 Å². The fourth-order valence-electron chi connectivity index (χ4n) is 0.976. The van der Waals surface area contributed by atoms with Gasteiger partial charge in [-0.25, -0.2) is 4.79 Å². The number of nitro groups is 1. The number of carbonyl (C=O) groups excluding carboxylic acids is 1. The Bertz CT molecular complexity index is 412. The minimum atomic E-state index is -1.09. The summed E-state index contributed by atoms with van der Waals surface area (Å²) < 4.78 is 17.4. The number of methoxy groups -OCH3 is 1. The van der Waals surface area contributed by atoms with Crippen LogP contribution in [0.3, 0.4) is 0 Å². The van der Waals surface area contributed by atoms with Crippen LogP contribution in [-0.2, 0) is 4.74 Å². The number of halogens is 2. The molecule has 0 amide bonds. The van der Waals surface area contributed by atoms with Gasteiger partial charge in [-0.3, -0.25) is 10.1 Å². The van der Waals surface area contributed by atoms with Gasteiger partial charge in [0.1, 0.15) is 0 Å². The van der Waals surface area contributed by atoms with Gasteiger partial charge in [0.2, 0.25) is 5.82 Å². The van der Waals surface area contributed by atoms with Crippen LogP contribution in [0.5, 0.6) is 0 Å². The van der Waals surface area contributed by atoms with Crippen molar-refractivity contribution in [2.24, 2.45) is 0 Å². The van der Waals surface area contributed by atoms with Gasteiger partial charge in [0, 0.05) is 0 Å². The Labute approximate surface area is 92.1 Å². The summed E-state index contributed by atoms with van der Waals surface area (Å²) in [6, 6.07) is 1.89. The van der Waals surface area contributed by atoms with Crippen molar-refractivity contribution in [3.8, 4) is 0 Å². The van der Waals surface area contributed by atoms with Crippen LogP contribution < -0.4 is 0 Å². The summed E-state index contributed by atoms with van der Waals surface area (Å²) in [6.07, 6.45) is 0. The molecule has 0 saturated heterocycles. The van der Waals surface area contributed by atoms with E-state index in [0.29, 0.717) is 0 Å². The third-order valence-corrected chi connectivity index (χ3v) is 2.23. The number of benzene rings is 1. The van der Waals surface area contributed by atoms with Crippen molar-refractivity contribution in [1.82, 2.24) is 0 Å². The number of nitrogens with zero attached hydrogens (tertiary/aromatic N) is 1. The van der Waals surface area contributed by atoms with Crippen LogP contribution in [0.1, 0.15) is 10.4 Å². The van der Waals surface area contributed by atoms with E-state index < -0.39 is 22.4 Å². The van der Waals surface area contributed by atoms with E-state index in [-0.39, 0.29) is 10.0 Å². The molecule has 5 nitrogen and oxygen atoms in total. The highest BCUT2D eigenvalue weighted by Crippen LogP contribution is 2.29. The molecule has 0 spiro atoms. The highest BCUT2D eigenvalue weighted by atomic mass is 79.9. The second-order valence-electron chi connectivity index (χ2n) is 2.54. The molecule has 0 bridgehead atoms. The van der Waals surface area contributed by atoms with Crippen LogP contribution in [-0.4, -0.2) is 18.0 Å². The minimum Gasteiger partial charge on any atom is -0.465 e. The van der Waals surface area contributed by atoms with E-state index >= 15 is 0 Å². The van der Waals surface area contributed by atoms with Gasteiger partial charge in [-0.15, -0.1) is 0 Å². The molecule has 1 aromatic rings. The molecule has 15 heavy (non-hydrogen) atoms. The minimum absolute atomic E-state index is 0.0903. The van der Waals surface area contributed by atoms with Gasteiger partial charge in [-0.1, -0.05) is 0 Å². The van der Waals surface area contributed by atoms with E-state index in [2.05, 4.69) is 20.7 Å². The second kappa shape index (κ2) is 4.35. The van der Waals surface area contributed by atoms with Crippen LogP contribution >= 0.6 is 15.9 Å². The summed E-state index contributed by atoms with van der Waals surface area (Å²) >= 11 is 2.81. The summed E-state index contributed by atoms with van der Waals surface area (Å²) in [5.74, 6) is -1.85. The lowest BCUT2D eigenvalue weighted by Gasteiger charge is -2.01. The maximum absolute atomic E-state index is 13.2. The van der Waals surface area contributed by atoms with Crippen LogP contribution in [0.2, 0.25) is 0 Å². The summed E-state index contributed by atoms with van der Waals surface area (Å²) in [7, 11) is 1.13. The SMILES string of the molecule is COC(=O)c1cc(F)c([N+](=O)[O-])c(Br)c1. The van der Waals surface area contributed by atoms with E-state index in [1.165, 1.54) is 0 Å². The molecule has 0 atom stereocenters. The maximum Gasteiger partial charge on any atom is 0.337 e. The van der Waals surface area contributed by atoms with Crippen molar-refractivity contribution in [3.05, 3.63) is 38.1 Å². The van der Waals surface area contributed by atoms with E-state index in [9.17, 15) is 19.3 Å². The first-order valence-corrected chi connectivity index (χ1v) is 4.48. The van der Waals surface area contributed by atoms with Crippen molar-refractivity contribution < 1.29 is 18.8 Å². The largest absolute Gasteiger partial charge is 0.465 e. The lowest BCUT2D eigenvalue weighted by Crippen LogP contribution is -2.03. The summed E-state index contributed by atoms with van der Waals surface area (Å²) in [5, 5.41) is 10.4. The zero-order chi connectivity index (χ0) is 11.6. The van der Waals surface area contributed by atoms with E-state index in [1.807, 2.05) is 0 Å². The Hall–Kier alpha value is -1.50. The smallest absolute Gasteiger partial charge is 0.337 e. The van der Waals surface area contributed by atoms with Gasteiger partial charge in [0.25, 0.3) is 0 Å². The monoisotopic (exact) mass is 277 g/mol. The van der Waals surface area contributed by atoms with Crippen molar-refractivity contribution in [2.45, 2.75) is 0 Å². The molecule has 0 aliphatic carbocycles. The third kappa shape index (κ3) is 2.30. The van der Waals surface area contributed by atoms with Gasteiger partial charge in [-0.2, -0.15) is 4.39 Å². The summed E-state index contributed by atoms with van der Waals surface area (Å²) in [4.78, 5) is 20.6. The standard InChI is InChI=1S/C8H5BrFNO4/c1-15-8(12)4-2-5(9)7(11(13)14)6(10)3-4/h2-3H,1H3. The molecule has 0 N–H and O–H groups in total. The van der Waals surface area contributed by atoms with Gasteiger partial charge >= 0.3 is 11.7 Å². The van der Waals surface area contributed by atoms with Crippen molar-refractivity contribution in [3.63, 3.8) is 0 Å². The Morgan fingerprint density at radius 2 is 2.20 bits per heavy atom. The number of hydrogen-bond acceptors (Lipinski definition) is 4. The molecule has 1 rings (SSSR count). The van der Waals surface area contributed by atoms with Gasteiger partial charge in [-0.05, 0) is 28.1 Å². The summed E-state index contributed by atoms with van der Waals surface area (Å²) in [5.41, 5.74) is -0.796. The highest BCUT2D eigenvalue weighted by Gasteiger charge is 2.22. The number of nitro benzene ring substituents is 1. The topological polar surface area (TPSA) is 69.4 Å². The first-order valence-electron chi connectivity index (χ1n) is 3.69. The van der Waals surface area contributed by atoms with Crippen molar-refractivity contribution in [2.75, 3.05) is 7.11 Å². The quantitative estimate of drug-likeness (QED) is 0.472. The lowest BCUT2D eigenvalue weighted by atomic mass is 10.2. The molecule has 0 fully saturated rings. The number of hydrogen-bond donors (Lipinski definition) is 0. The molecule has 0 aromatic heterocycles. The molecule has 0 radical (unpaired) electrons. The molecule has 0 saturated carbocycles. The average Bonchev–Trinajstić information content (AvgIpc) is 2.14. The van der Waals surface area contributed by atoms with Crippen LogP contribution in [0.15, 0.2) is 16.6 Å². The first-order chi connectivity index (χ1) is 6.97. The molecule has 1 aromatic carbocycles. The Morgan fingerprint density at radius 1 is 1.60 bits per heavy atom. The summed E-state index contributed by atoms with van der Waals surface area (Å²) in [6.45, 7) is 0. The number of rotatable bonds is 2. The molecular weight excluding hydrogens is 273 g/mol. The molecule has 80 valence electrons. The molecule has 0 heterocycles. The van der Waals surface area contributed by atoms with Crippen LogP contribution in [0.4, 0.5) is 10.1 Å². The van der Waals surface area contributed by atoms with Crippen molar-refractivity contribution in [1.29, 1.82) is 0 Å². The zero-order valence-electron chi connectivity index (χ0n) is 7.49. The zero-order valence-corrected chi connectivity index (χ0v) is 9.08. The molecule has 7 heteroatoms. The third-order valence-electron chi connectivity index (χ3n) is 1.62. The molecule has 0 unspecified atom stereocenters. The predicted molar refractivity (Wildman–Crippen MR) is 52.1 cm³/mol. The fraction of sp³-hybridized carbons (Fsp3) is 0.125. The Morgan fingerprint density at radius 3 is 2.60 bits per heavy atom. The van der Waals surface area contributed by atoms with Crippen molar-refractivity contribution >= 4 is 27.6 Å². The average molecular weight is 278 g/mol. The fourth-order valence-corrected chi connectivity index (χ4v) is 1.56. The highest BCUT2D eigenvalue weighted by molar-refractivity contribution is 9.10. The maximum atomic E-state index is 13.2.